The third kappa shape index (κ3) is 3.21. The fourth-order valence-corrected chi connectivity index (χ4v) is 2.71. The van der Waals surface area contributed by atoms with Crippen molar-refractivity contribution in [1.82, 2.24) is 5.32 Å². The molecule has 1 aliphatic rings. The van der Waals surface area contributed by atoms with E-state index in [1.165, 1.54) is 32.1 Å². The van der Waals surface area contributed by atoms with Gasteiger partial charge in [-0.3, -0.25) is 0 Å². The SMILES string of the molecule is CCCNC(C)C1(OC)CCC(C)(C)CC1. The summed E-state index contributed by atoms with van der Waals surface area (Å²) < 4.78 is 5.87. The molecular weight excluding hydrogens is 198 g/mol. The van der Waals surface area contributed by atoms with Gasteiger partial charge in [-0.2, -0.15) is 0 Å². The maximum atomic E-state index is 5.87. The Morgan fingerprint density at radius 2 is 1.75 bits per heavy atom. The van der Waals surface area contributed by atoms with E-state index in [4.69, 9.17) is 4.74 Å². The van der Waals surface area contributed by atoms with Crippen molar-refractivity contribution < 1.29 is 4.74 Å². The van der Waals surface area contributed by atoms with E-state index in [1.54, 1.807) is 0 Å². The number of nitrogens with one attached hydrogen (secondary N) is 1. The van der Waals surface area contributed by atoms with Crippen LogP contribution in [0.3, 0.4) is 0 Å². The molecule has 0 aromatic carbocycles. The van der Waals surface area contributed by atoms with Crippen LogP contribution < -0.4 is 5.32 Å². The fourth-order valence-electron chi connectivity index (χ4n) is 2.71. The monoisotopic (exact) mass is 227 g/mol. The Balaban J connectivity index is 2.58. The minimum absolute atomic E-state index is 0.0741. The van der Waals surface area contributed by atoms with Crippen molar-refractivity contribution in [3.8, 4) is 0 Å². The summed E-state index contributed by atoms with van der Waals surface area (Å²) in [5, 5.41) is 3.60. The predicted molar refractivity (Wildman–Crippen MR) is 69.7 cm³/mol. The molecule has 0 aromatic rings. The highest BCUT2D eigenvalue weighted by Gasteiger charge is 2.42. The molecule has 1 unspecified atom stereocenters. The van der Waals surface area contributed by atoms with Crippen LogP contribution in [0.15, 0.2) is 0 Å². The average molecular weight is 227 g/mol. The minimum Gasteiger partial charge on any atom is -0.377 e. The van der Waals surface area contributed by atoms with Gasteiger partial charge >= 0.3 is 0 Å². The molecule has 0 aliphatic heterocycles. The van der Waals surface area contributed by atoms with Crippen molar-refractivity contribution in [3.63, 3.8) is 0 Å². The Morgan fingerprint density at radius 3 is 2.19 bits per heavy atom. The zero-order chi connectivity index (χ0) is 12.2. The first kappa shape index (κ1) is 14.0. The van der Waals surface area contributed by atoms with E-state index in [0.717, 1.165) is 6.54 Å². The first-order valence-electron chi connectivity index (χ1n) is 6.74. The van der Waals surface area contributed by atoms with Gasteiger partial charge in [-0.1, -0.05) is 20.8 Å². The molecule has 0 amide bonds. The Bertz CT molecular complexity index is 203. The summed E-state index contributed by atoms with van der Waals surface area (Å²) in [4.78, 5) is 0. The molecule has 2 nitrogen and oxygen atoms in total. The minimum atomic E-state index is 0.0741. The van der Waals surface area contributed by atoms with Gasteiger partial charge in [0.1, 0.15) is 0 Å². The molecule has 1 aliphatic carbocycles. The van der Waals surface area contributed by atoms with Gasteiger partial charge in [-0.15, -0.1) is 0 Å². The molecule has 1 N–H and O–H groups in total. The van der Waals surface area contributed by atoms with Crippen molar-refractivity contribution >= 4 is 0 Å². The van der Waals surface area contributed by atoms with Gasteiger partial charge in [-0.25, -0.2) is 0 Å². The third-order valence-electron chi connectivity index (χ3n) is 4.35. The summed E-state index contributed by atoms with van der Waals surface area (Å²) in [5.41, 5.74) is 0.581. The number of hydrogen-bond acceptors (Lipinski definition) is 2. The van der Waals surface area contributed by atoms with E-state index in [2.05, 4.69) is 33.0 Å². The molecule has 0 spiro atoms. The lowest BCUT2D eigenvalue weighted by Crippen LogP contribution is -2.53. The summed E-state index contributed by atoms with van der Waals surface area (Å²) in [7, 11) is 1.88. The third-order valence-corrected chi connectivity index (χ3v) is 4.35. The quantitative estimate of drug-likeness (QED) is 0.777. The number of rotatable bonds is 5. The predicted octanol–water partition coefficient (Wildman–Crippen LogP) is 3.36. The molecule has 16 heavy (non-hydrogen) atoms. The lowest BCUT2D eigenvalue weighted by atomic mass is 9.68. The highest BCUT2D eigenvalue weighted by Crippen LogP contribution is 2.43. The molecule has 0 saturated heterocycles. The normalized spacial score (nSPS) is 25.3. The van der Waals surface area contributed by atoms with Gasteiger partial charge in [0.15, 0.2) is 0 Å². The van der Waals surface area contributed by atoms with Crippen LogP contribution in [0.2, 0.25) is 0 Å². The van der Waals surface area contributed by atoms with E-state index in [1.807, 2.05) is 7.11 Å². The molecule has 1 atom stereocenters. The van der Waals surface area contributed by atoms with Crippen LogP contribution in [0.5, 0.6) is 0 Å². The zero-order valence-electron chi connectivity index (χ0n) is 11.7. The van der Waals surface area contributed by atoms with Crippen LogP contribution in [0.25, 0.3) is 0 Å². The van der Waals surface area contributed by atoms with Crippen LogP contribution >= 0.6 is 0 Å². The van der Waals surface area contributed by atoms with Gasteiger partial charge in [0.05, 0.1) is 5.60 Å². The van der Waals surface area contributed by atoms with Crippen LogP contribution in [0, 0.1) is 5.41 Å². The van der Waals surface area contributed by atoms with Crippen molar-refractivity contribution in [2.24, 2.45) is 5.41 Å². The van der Waals surface area contributed by atoms with Gasteiger partial charge < -0.3 is 10.1 Å². The van der Waals surface area contributed by atoms with E-state index in [-0.39, 0.29) is 5.60 Å². The molecule has 1 fully saturated rings. The average Bonchev–Trinajstić information content (AvgIpc) is 2.27. The van der Waals surface area contributed by atoms with Crippen molar-refractivity contribution in [2.75, 3.05) is 13.7 Å². The number of methoxy groups -OCH3 is 1. The molecule has 1 saturated carbocycles. The summed E-state index contributed by atoms with van der Waals surface area (Å²) in [5.74, 6) is 0. The van der Waals surface area contributed by atoms with E-state index >= 15 is 0 Å². The summed E-state index contributed by atoms with van der Waals surface area (Å²) >= 11 is 0. The highest BCUT2D eigenvalue weighted by molar-refractivity contribution is 4.96. The molecule has 96 valence electrons. The van der Waals surface area contributed by atoms with Crippen molar-refractivity contribution in [2.45, 2.75) is 71.4 Å². The summed E-state index contributed by atoms with van der Waals surface area (Å²) in [6.45, 7) is 10.3. The van der Waals surface area contributed by atoms with Gasteiger partial charge in [-0.05, 0) is 51.0 Å². The first-order valence-corrected chi connectivity index (χ1v) is 6.74. The zero-order valence-corrected chi connectivity index (χ0v) is 11.7. The Hall–Kier alpha value is -0.0800. The molecule has 2 heteroatoms. The van der Waals surface area contributed by atoms with Crippen molar-refractivity contribution in [1.29, 1.82) is 0 Å². The Morgan fingerprint density at radius 1 is 1.19 bits per heavy atom. The molecule has 0 radical (unpaired) electrons. The highest BCUT2D eigenvalue weighted by atomic mass is 16.5. The second-order valence-corrected chi connectivity index (χ2v) is 6.11. The Kier molecular flexibility index (Phi) is 4.81. The lowest BCUT2D eigenvalue weighted by Gasteiger charge is -2.46. The maximum absolute atomic E-state index is 5.87. The Labute approximate surface area is 101 Å². The van der Waals surface area contributed by atoms with Crippen LogP contribution in [0.1, 0.15) is 59.8 Å². The molecule has 1 rings (SSSR count). The second kappa shape index (κ2) is 5.50. The maximum Gasteiger partial charge on any atom is 0.0828 e. The van der Waals surface area contributed by atoms with Gasteiger partial charge in [0.2, 0.25) is 0 Å². The number of ether oxygens (including phenoxy) is 1. The molecule has 0 aromatic heterocycles. The molecular formula is C14H29NO. The van der Waals surface area contributed by atoms with Crippen molar-refractivity contribution in [3.05, 3.63) is 0 Å². The second-order valence-electron chi connectivity index (χ2n) is 6.11. The summed E-state index contributed by atoms with van der Waals surface area (Å²) in [6.07, 6.45) is 6.12. The van der Waals surface area contributed by atoms with Gasteiger partial charge in [0, 0.05) is 13.2 Å². The standard InChI is InChI=1S/C14H29NO/c1-6-11-15-12(2)14(16-5)9-7-13(3,4)8-10-14/h12,15H,6-11H2,1-5H3. The lowest BCUT2D eigenvalue weighted by molar-refractivity contribution is -0.0822. The molecule has 0 bridgehead atoms. The van der Waals surface area contributed by atoms with Crippen LogP contribution in [-0.4, -0.2) is 25.3 Å². The topological polar surface area (TPSA) is 21.3 Å². The molecule has 0 heterocycles. The first-order chi connectivity index (χ1) is 7.46. The van der Waals surface area contributed by atoms with Crippen LogP contribution in [-0.2, 0) is 4.74 Å². The number of hydrogen-bond donors (Lipinski definition) is 1. The van der Waals surface area contributed by atoms with E-state index in [0.29, 0.717) is 11.5 Å². The van der Waals surface area contributed by atoms with E-state index < -0.39 is 0 Å². The smallest absolute Gasteiger partial charge is 0.0828 e. The summed E-state index contributed by atoms with van der Waals surface area (Å²) in [6, 6.07) is 0.466. The van der Waals surface area contributed by atoms with Crippen LogP contribution in [0.4, 0.5) is 0 Å². The van der Waals surface area contributed by atoms with Gasteiger partial charge in [0.25, 0.3) is 0 Å². The van der Waals surface area contributed by atoms with E-state index in [9.17, 15) is 0 Å². The largest absolute Gasteiger partial charge is 0.377 e. The fraction of sp³-hybridized carbons (Fsp3) is 1.00.